The summed E-state index contributed by atoms with van der Waals surface area (Å²) in [7, 11) is 0. The largest absolute Gasteiger partial charge is 0.322 e. The molecule has 0 aliphatic rings. The highest BCUT2D eigenvalue weighted by molar-refractivity contribution is 6.43. The maximum Gasteiger partial charge on any atom is 0.259 e. The number of rotatable bonds is 6. The lowest BCUT2D eigenvalue weighted by molar-refractivity contribution is 0.102. The van der Waals surface area contributed by atoms with Crippen molar-refractivity contribution in [1.82, 2.24) is 15.1 Å². The minimum atomic E-state index is -0.795. The minimum Gasteiger partial charge on any atom is -0.322 e. The summed E-state index contributed by atoms with van der Waals surface area (Å²) in [5.74, 6) is -0.841. The quantitative estimate of drug-likeness (QED) is 0.490. The van der Waals surface area contributed by atoms with E-state index in [9.17, 15) is 9.18 Å². The van der Waals surface area contributed by atoms with Gasteiger partial charge in [0.15, 0.2) is 4.96 Å². The molecule has 134 valence electrons. The van der Waals surface area contributed by atoms with Crippen LogP contribution in [0.25, 0.3) is 5.69 Å². The number of hydrogen-bond acceptors (Lipinski definition) is 3. The number of amides is 1. The predicted octanol–water partition coefficient (Wildman–Crippen LogP) is 4.11. The fraction of sp³-hybridized carbons (Fsp3) is 0.111. The van der Waals surface area contributed by atoms with Crippen molar-refractivity contribution in [1.29, 1.82) is 0 Å². The normalized spacial score (nSPS) is 10.9. The second-order valence-corrected chi connectivity index (χ2v) is 6.51. The number of benzene rings is 2. The van der Waals surface area contributed by atoms with Crippen molar-refractivity contribution < 1.29 is 9.18 Å². The van der Waals surface area contributed by atoms with E-state index in [1.165, 1.54) is 18.2 Å². The van der Waals surface area contributed by atoms with Gasteiger partial charge in [0.1, 0.15) is 5.82 Å². The van der Waals surface area contributed by atoms with Crippen molar-refractivity contribution in [3.63, 3.8) is 0 Å². The first-order valence-electron chi connectivity index (χ1n) is 7.75. The van der Waals surface area contributed by atoms with Crippen molar-refractivity contribution in [2.24, 2.45) is 0 Å². The Labute approximate surface area is 159 Å². The topological polar surface area (TPSA) is 59.0 Å². The highest BCUT2D eigenvalue weighted by atomic mass is 35.5. The molecule has 3 rings (SSSR count). The average molecular weight is 393 g/mol. The summed E-state index contributed by atoms with van der Waals surface area (Å²) in [4.78, 5) is 11.9. The number of halogens is 3. The van der Waals surface area contributed by atoms with Crippen LogP contribution < -0.4 is 10.6 Å². The molecule has 2 aromatic carbocycles. The number of carbonyl (C=O) groups is 1. The summed E-state index contributed by atoms with van der Waals surface area (Å²) in [5, 5.41) is 9.91. The second-order valence-electron chi connectivity index (χ2n) is 5.42. The van der Waals surface area contributed by atoms with E-state index in [4.69, 9.17) is 23.2 Å². The van der Waals surface area contributed by atoms with Crippen LogP contribution in [0.15, 0.2) is 60.8 Å². The van der Waals surface area contributed by atoms with Gasteiger partial charge in [-0.2, -0.15) is 5.10 Å². The number of carbonyl (C=O) groups excluding carboxylic acids is 1. The Hall–Kier alpha value is -2.41. The van der Waals surface area contributed by atoms with E-state index < -0.39 is 16.7 Å². The molecule has 8 heteroatoms. The Morgan fingerprint density at radius 1 is 1.15 bits per heavy atom. The molecule has 0 aliphatic heterocycles. The van der Waals surface area contributed by atoms with Crippen molar-refractivity contribution in [3.8, 4) is 5.69 Å². The van der Waals surface area contributed by atoms with Crippen LogP contribution >= 0.6 is 23.2 Å². The molecule has 0 fully saturated rings. The van der Waals surface area contributed by atoms with Gasteiger partial charge in [-0.25, -0.2) is 9.07 Å². The standard InChI is InChI=1S/C18H15Cl2FN4O/c19-18(20)22-10-16-15(11-25(24-16)14-7-2-1-3-8-14)17(26)23-13-6-4-5-12(21)9-13/h1-9,11,18,22H,10H2,(H,23,26). The number of anilines is 1. The maximum atomic E-state index is 13.3. The molecule has 1 heterocycles. The molecule has 0 atom stereocenters. The summed E-state index contributed by atoms with van der Waals surface area (Å²) in [6.07, 6.45) is 1.61. The monoisotopic (exact) mass is 392 g/mol. The summed E-state index contributed by atoms with van der Waals surface area (Å²) in [6.45, 7) is 0.198. The molecule has 26 heavy (non-hydrogen) atoms. The summed E-state index contributed by atoms with van der Waals surface area (Å²) >= 11 is 11.4. The fourth-order valence-electron chi connectivity index (χ4n) is 2.38. The number of nitrogens with zero attached hydrogens (tertiary/aromatic N) is 2. The third-order valence-corrected chi connectivity index (χ3v) is 3.87. The fourth-order valence-corrected chi connectivity index (χ4v) is 2.54. The van der Waals surface area contributed by atoms with E-state index in [1.807, 2.05) is 30.3 Å². The Morgan fingerprint density at radius 3 is 2.62 bits per heavy atom. The van der Waals surface area contributed by atoms with E-state index >= 15 is 0 Å². The number of nitrogens with one attached hydrogen (secondary N) is 2. The van der Waals surface area contributed by atoms with Crippen molar-refractivity contribution >= 4 is 34.8 Å². The minimum absolute atomic E-state index is 0.198. The molecule has 0 saturated heterocycles. The van der Waals surface area contributed by atoms with Crippen LogP contribution in [-0.2, 0) is 6.54 Å². The van der Waals surface area contributed by atoms with Gasteiger partial charge < -0.3 is 5.32 Å². The van der Waals surface area contributed by atoms with Crippen molar-refractivity contribution in [3.05, 3.63) is 77.9 Å². The number of alkyl halides is 2. The molecular weight excluding hydrogens is 378 g/mol. The van der Waals surface area contributed by atoms with Crippen LogP contribution in [0.4, 0.5) is 10.1 Å². The van der Waals surface area contributed by atoms with Crippen LogP contribution in [0.1, 0.15) is 16.1 Å². The van der Waals surface area contributed by atoms with E-state index in [1.54, 1.807) is 16.9 Å². The Morgan fingerprint density at radius 2 is 1.92 bits per heavy atom. The zero-order valence-corrected chi connectivity index (χ0v) is 15.0. The van der Waals surface area contributed by atoms with E-state index in [0.29, 0.717) is 16.9 Å². The smallest absolute Gasteiger partial charge is 0.259 e. The molecule has 0 unspecified atom stereocenters. The molecule has 0 saturated carbocycles. The van der Waals surface area contributed by atoms with Gasteiger partial charge in [-0.05, 0) is 30.3 Å². The molecule has 0 aliphatic carbocycles. The summed E-state index contributed by atoms with van der Waals surface area (Å²) < 4.78 is 14.9. The van der Waals surface area contributed by atoms with Crippen LogP contribution in [0.5, 0.6) is 0 Å². The summed E-state index contributed by atoms with van der Waals surface area (Å²) in [6, 6.07) is 15.0. The molecule has 0 spiro atoms. The zero-order valence-electron chi connectivity index (χ0n) is 13.5. The van der Waals surface area contributed by atoms with Crippen molar-refractivity contribution in [2.45, 2.75) is 11.5 Å². The number of para-hydroxylation sites is 1. The first kappa shape index (κ1) is 18.4. The third kappa shape index (κ3) is 4.60. The lowest BCUT2D eigenvalue weighted by atomic mass is 10.2. The molecule has 0 radical (unpaired) electrons. The van der Waals surface area contributed by atoms with Gasteiger partial charge in [0.2, 0.25) is 0 Å². The van der Waals surface area contributed by atoms with Crippen molar-refractivity contribution in [2.75, 3.05) is 5.32 Å². The second kappa shape index (κ2) is 8.31. The Kier molecular flexibility index (Phi) is 5.88. The van der Waals surface area contributed by atoms with Gasteiger partial charge >= 0.3 is 0 Å². The Balaban J connectivity index is 1.90. The van der Waals surface area contributed by atoms with Crippen LogP contribution in [-0.4, -0.2) is 20.6 Å². The number of aromatic nitrogens is 2. The van der Waals surface area contributed by atoms with Gasteiger partial charge in [0.25, 0.3) is 5.91 Å². The van der Waals surface area contributed by atoms with Gasteiger partial charge in [-0.3, -0.25) is 10.1 Å². The molecule has 2 N–H and O–H groups in total. The van der Waals surface area contributed by atoms with Crippen LogP contribution in [0.3, 0.4) is 0 Å². The number of hydrogen-bond donors (Lipinski definition) is 2. The van der Waals surface area contributed by atoms with Gasteiger partial charge in [-0.15, -0.1) is 0 Å². The molecular formula is C18H15Cl2FN4O. The molecule has 0 bridgehead atoms. The van der Waals surface area contributed by atoms with E-state index in [-0.39, 0.29) is 6.54 Å². The molecule has 3 aromatic rings. The molecule has 5 nitrogen and oxygen atoms in total. The highest BCUT2D eigenvalue weighted by Crippen LogP contribution is 2.16. The highest BCUT2D eigenvalue weighted by Gasteiger charge is 2.18. The van der Waals surface area contributed by atoms with Gasteiger partial charge in [0, 0.05) is 18.4 Å². The molecule has 1 amide bonds. The first-order valence-corrected chi connectivity index (χ1v) is 8.62. The lowest BCUT2D eigenvalue weighted by Gasteiger charge is -2.06. The maximum absolute atomic E-state index is 13.3. The van der Waals surface area contributed by atoms with Crippen LogP contribution in [0, 0.1) is 5.82 Å². The zero-order chi connectivity index (χ0) is 18.5. The van der Waals surface area contributed by atoms with E-state index in [2.05, 4.69) is 15.7 Å². The lowest BCUT2D eigenvalue weighted by Crippen LogP contribution is -2.21. The SMILES string of the molecule is O=C(Nc1cccc(F)c1)c1cn(-c2ccccc2)nc1CNC(Cl)Cl. The molecule has 1 aromatic heterocycles. The van der Waals surface area contributed by atoms with Gasteiger partial charge in [0.05, 0.1) is 16.9 Å². The van der Waals surface area contributed by atoms with Gasteiger partial charge in [-0.1, -0.05) is 47.5 Å². The van der Waals surface area contributed by atoms with E-state index in [0.717, 1.165) is 5.69 Å². The summed E-state index contributed by atoms with van der Waals surface area (Å²) in [5.41, 5.74) is 1.95. The third-order valence-electron chi connectivity index (χ3n) is 3.56. The Bertz CT molecular complexity index is 899. The van der Waals surface area contributed by atoms with Crippen LogP contribution in [0.2, 0.25) is 0 Å². The first-order chi connectivity index (χ1) is 12.5. The predicted molar refractivity (Wildman–Crippen MR) is 100 cm³/mol. The average Bonchev–Trinajstić information content (AvgIpc) is 3.05.